The molecule has 0 spiro atoms. The molecule has 2 aromatic heterocycles. The highest BCUT2D eigenvalue weighted by Gasteiger charge is 2.09. The first-order valence-electron chi connectivity index (χ1n) is 6.46. The number of amides is 1. The molecule has 0 aliphatic heterocycles. The topological polar surface area (TPSA) is 59.8 Å². The first-order chi connectivity index (χ1) is 10.1. The predicted molar refractivity (Wildman–Crippen MR) is 87.5 cm³/mol. The standard InChI is InChI=1S/C14H13BrN4OS/c1-9-3-2-4-11-13(9)18-14(21-11)17-12(20)5-6-19-8-10(15)7-16-19/h2-4,7-8H,5-6H2,1H3,(H,17,18,20). The van der Waals surface area contributed by atoms with Crippen molar-refractivity contribution < 1.29 is 4.79 Å². The van der Waals surface area contributed by atoms with Gasteiger partial charge < -0.3 is 5.32 Å². The highest BCUT2D eigenvalue weighted by molar-refractivity contribution is 9.10. The Morgan fingerprint density at radius 2 is 2.33 bits per heavy atom. The molecule has 1 amide bonds. The molecular formula is C14H13BrN4OS. The van der Waals surface area contributed by atoms with Gasteiger partial charge in [0.25, 0.3) is 0 Å². The lowest BCUT2D eigenvalue weighted by Crippen LogP contribution is -2.14. The van der Waals surface area contributed by atoms with E-state index in [9.17, 15) is 4.79 Å². The second-order valence-corrected chi connectivity index (χ2v) is 6.61. The molecule has 1 aromatic carbocycles. The van der Waals surface area contributed by atoms with Crippen LogP contribution in [0.15, 0.2) is 35.1 Å². The normalized spacial score (nSPS) is 11.0. The van der Waals surface area contributed by atoms with E-state index >= 15 is 0 Å². The van der Waals surface area contributed by atoms with Crippen molar-refractivity contribution in [2.24, 2.45) is 0 Å². The minimum absolute atomic E-state index is 0.0571. The summed E-state index contributed by atoms with van der Waals surface area (Å²) in [7, 11) is 0. The Balaban J connectivity index is 1.64. The minimum Gasteiger partial charge on any atom is -0.302 e. The fourth-order valence-electron chi connectivity index (χ4n) is 2.00. The maximum absolute atomic E-state index is 12.0. The van der Waals surface area contributed by atoms with Gasteiger partial charge in [-0.25, -0.2) is 4.98 Å². The number of hydrogen-bond donors (Lipinski definition) is 1. The Morgan fingerprint density at radius 1 is 1.48 bits per heavy atom. The molecule has 3 aromatic rings. The molecule has 0 bridgehead atoms. The summed E-state index contributed by atoms with van der Waals surface area (Å²) >= 11 is 4.82. The zero-order chi connectivity index (χ0) is 14.8. The van der Waals surface area contributed by atoms with Crippen LogP contribution in [0.3, 0.4) is 0 Å². The Labute approximate surface area is 134 Å². The van der Waals surface area contributed by atoms with E-state index in [1.165, 1.54) is 11.3 Å². The van der Waals surface area contributed by atoms with Crippen LogP contribution < -0.4 is 5.32 Å². The monoisotopic (exact) mass is 364 g/mol. The van der Waals surface area contributed by atoms with Crippen LogP contribution in [0.1, 0.15) is 12.0 Å². The molecular weight excluding hydrogens is 352 g/mol. The van der Waals surface area contributed by atoms with Crippen molar-refractivity contribution in [2.75, 3.05) is 5.32 Å². The molecule has 0 unspecified atom stereocenters. The predicted octanol–water partition coefficient (Wildman–Crippen LogP) is 3.59. The zero-order valence-corrected chi connectivity index (χ0v) is 13.7. The number of fused-ring (bicyclic) bond motifs is 1. The van der Waals surface area contributed by atoms with Gasteiger partial charge in [0.1, 0.15) is 0 Å². The summed E-state index contributed by atoms with van der Waals surface area (Å²) < 4.78 is 3.72. The van der Waals surface area contributed by atoms with Crippen LogP contribution >= 0.6 is 27.3 Å². The van der Waals surface area contributed by atoms with Gasteiger partial charge in [0, 0.05) is 19.2 Å². The largest absolute Gasteiger partial charge is 0.302 e. The number of halogens is 1. The number of para-hydroxylation sites is 1. The third kappa shape index (κ3) is 3.30. The first-order valence-corrected chi connectivity index (χ1v) is 8.07. The maximum atomic E-state index is 12.0. The third-order valence-electron chi connectivity index (χ3n) is 3.04. The van der Waals surface area contributed by atoms with Gasteiger partial charge in [-0.1, -0.05) is 23.5 Å². The Hall–Kier alpha value is -1.73. The summed E-state index contributed by atoms with van der Waals surface area (Å²) in [6.45, 7) is 2.56. The molecule has 108 valence electrons. The number of benzene rings is 1. The van der Waals surface area contributed by atoms with Gasteiger partial charge in [0.15, 0.2) is 5.13 Å². The SMILES string of the molecule is Cc1cccc2sc(NC(=O)CCn3cc(Br)cn3)nc12. The van der Waals surface area contributed by atoms with Crippen molar-refractivity contribution in [3.05, 3.63) is 40.6 Å². The van der Waals surface area contributed by atoms with E-state index < -0.39 is 0 Å². The van der Waals surface area contributed by atoms with Crippen LogP contribution in [0, 0.1) is 6.92 Å². The van der Waals surface area contributed by atoms with Crippen LogP contribution in [-0.2, 0) is 11.3 Å². The van der Waals surface area contributed by atoms with E-state index in [0.29, 0.717) is 18.1 Å². The molecule has 0 saturated carbocycles. The van der Waals surface area contributed by atoms with E-state index in [2.05, 4.69) is 31.3 Å². The van der Waals surface area contributed by atoms with Crippen molar-refractivity contribution in [1.82, 2.24) is 14.8 Å². The molecule has 0 aliphatic rings. The molecule has 7 heteroatoms. The number of nitrogens with one attached hydrogen (secondary N) is 1. The number of rotatable bonds is 4. The lowest BCUT2D eigenvalue weighted by Gasteiger charge is -2.01. The van der Waals surface area contributed by atoms with Gasteiger partial charge in [-0.2, -0.15) is 5.10 Å². The van der Waals surface area contributed by atoms with E-state index in [-0.39, 0.29) is 5.91 Å². The molecule has 1 N–H and O–H groups in total. The summed E-state index contributed by atoms with van der Waals surface area (Å²) in [5, 5.41) is 7.61. The van der Waals surface area contributed by atoms with Gasteiger partial charge in [-0.05, 0) is 34.5 Å². The molecule has 21 heavy (non-hydrogen) atoms. The van der Waals surface area contributed by atoms with Crippen molar-refractivity contribution in [2.45, 2.75) is 19.9 Å². The van der Waals surface area contributed by atoms with Crippen molar-refractivity contribution in [3.63, 3.8) is 0 Å². The third-order valence-corrected chi connectivity index (χ3v) is 4.38. The van der Waals surface area contributed by atoms with Crippen LogP contribution in [0.2, 0.25) is 0 Å². The van der Waals surface area contributed by atoms with Gasteiger partial charge in [0.2, 0.25) is 5.91 Å². The maximum Gasteiger partial charge on any atom is 0.228 e. The van der Waals surface area contributed by atoms with E-state index in [4.69, 9.17) is 0 Å². The molecule has 0 atom stereocenters. The Kier molecular flexibility index (Phi) is 4.03. The number of carbonyl (C=O) groups is 1. The lowest BCUT2D eigenvalue weighted by molar-refractivity contribution is -0.116. The molecule has 3 rings (SSSR count). The summed E-state index contributed by atoms with van der Waals surface area (Å²) in [4.78, 5) is 16.4. The fourth-order valence-corrected chi connectivity index (χ4v) is 3.29. The quantitative estimate of drug-likeness (QED) is 0.769. The number of aromatic nitrogens is 3. The fraction of sp³-hybridized carbons (Fsp3) is 0.214. The van der Waals surface area contributed by atoms with Crippen LogP contribution in [-0.4, -0.2) is 20.7 Å². The van der Waals surface area contributed by atoms with Crippen molar-refractivity contribution in [1.29, 1.82) is 0 Å². The van der Waals surface area contributed by atoms with Crippen LogP contribution in [0.5, 0.6) is 0 Å². The Morgan fingerprint density at radius 3 is 3.05 bits per heavy atom. The smallest absolute Gasteiger partial charge is 0.228 e. The highest BCUT2D eigenvalue weighted by Crippen LogP contribution is 2.27. The molecule has 0 fully saturated rings. The number of thiazole rings is 1. The van der Waals surface area contributed by atoms with Crippen molar-refractivity contribution in [3.8, 4) is 0 Å². The number of anilines is 1. The Bertz CT molecular complexity index is 795. The van der Waals surface area contributed by atoms with Crippen LogP contribution in [0.25, 0.3) is 10.2 Å². The minimum atomic E-state index is -0.0571. The summed E-state index contributed by atoms with van der Waals surface area (Å²) in [5.41, 5.74) is 2.07. The van der Waals surface area contributed by atoms with Gasteiger partial charge in [-0.3, -0.25) is 9.48 Å². The number of nitrogens with zero attached hydrogens (tertiary/aromatic N) is 3. The number of hydrogen-bond acceptors (Lipinski definition) is 4. The van der Waals surface area contributed by atoms with Crippen LogP contribution in [0.4, 0.5) is 5.13 Å². The molecule has 5 nitrogen and oxygen atoms in total. The average Bonchev–Trinajstić information content (AvgIpc) is 3.03. The average molecular weight is 365 g/mol. The number of carbonyl (C=O) groups excluding carboxylic acids is 1. The summed E-state index contributed by atoms with van der Waals surface area (Å²) in [6, 6.07) is 6.02. The second-order valence-electron chi connectivity index (χ2n) is 4.66. The summed E-state index contributed by atoms with van der Waals surface area (Å²) in [6.07, 6.45) is 3.91. The zero-order valence-electron chi connectivity index (χ0n) is 11.3. The van der Waals surface area contributed by atoms with E-state index in [1.54, 1.807) is 10.9 Å². The highest BCUT2D eigenvalue weighted by atomic mass is 79.9. The first kappa shape index (κ1) is 14.2. The lowest BCUT2D eigenvalue weighted by atomic mass is 10.2. The van der Waals surface area contributed by atoms with Gasteiger partial charge >= 0.3 is 0 Å². The molecule has 0 radical (unpaired) electrons. The van der Waals surface area contributed by atoms with E-state index in [1.807, 2.05) is 31.3 Å². The number of aryl methyl sites for hydroxylation is 2. The molecule has 0 saturated heterocycles. The van der Waals surface area contributed by atoms with Gasteiger partial charge in [0.05, 0.1) is 20.9 Å². The van der Waals surface area contributed by atoms with Gasteiger partial charge in [-0.15, -0.1) is 0 Å². The molecule has 0 aliphatic carbocycles. The van der Waals surface area contributed by atoms with E-state index in [0.717, 1.165) is 20.3 Å². The second kappa shape index (κ2) is 5.95. The van der Waals surface area contributed by atoms with Crippen molar-refractivity contribution >= 4 is 48.5 Å². The molecule has 2 heterocycles. The summed E-state index contributed by atoms with van der Waals surface area (Å²) in [5.74, 6) is -0.0571.